The Hall–Kier alpha value is -4.96. The Morgan fingerprint density at radius 2 is 1.62 bits per heavy atom. The number of amides is 1. The summed E-state index contributed by atoms with van der Waals surface area (Å²) in [5, 5.41) is 0.123. The van der Waals surface area contributed by atoms with E-state index < -0.39 is 11.2 Å². The van der Waals surface area contributed by atoms with Crippen molar-refractivity contribution in [1.82, 2.24) is 23.9 Å². The zero-order valence-corrected chi connectivity index (χ0v) is 26.0. The molecule has 2 aromatic heterocycles. The normalized spacial score (nSPS) is 13.5. The number of benzene rings is 2. The van der Waals surface area contributed by atoms with Crippen LogP contribution in [0.15, 0.2) is 95.6 Å². The van der Waals surface area contributed by atoms with Gasteiger partial charge in [0.2, 0.25) is 0 Å². The lowest BCUT2D eigenvalue weighted by Gasteiger charge is -2.36. The highest BCUT2D eigenvalue weighted by atomic mass is 16.5. The van der Waals surface area contributed by atoms with E-state index in [0.717, 1.165) is 48.7 Å². The number of para-hydroxylation sites is 3. The van der Waals surface area contributed by atoms with Crippen LogP contribution in [0.4, 0.5) is 5.69 Å². The lowest BCUT2D eigenvalue weighted by atomic mass is 10.1. The molecule has 1 fully saturated rings. The molecule has 0 radical (unpaired) electrons. The summed E-state index contributed by atoms with van der Waals surface area (Å²) < 4.78 is 8.25. The number of carbonyl (C=O) groups is 1. The first-order valence-corrected chi connectivity index (χ1v) is 15.2. The van der Waals surface area contributed by atoms with E-state index in [1.54, 1.807) is 66.0 Å². The molecule has 1 saturated heterocycles. The number of methoxy groups -OCH3 is 1. The van der Waals surface area contributed by atoms with Crippen molar-refractivity contribution >= 4 is 22.6 Å². The zero-order chi connectivity index (χ0) is 31.9. The van der Waals surface area contributed by atoms with Gasteiger partial charge in [-0.25, -0.2) is 14.3 Å². The molecule has 3 heterocycles. The van der Waals surface area contributed by atoms with E-state index in [0.29, 0.717) is 24.3 Å². The minimum atomic E-state index is -0.571. The van der Waals surface area contributed by atoms with Crippen LogP contribution in [0.2, 0.25) is 0 Å². The van der Waals surface area contributed by atoms with Crippen LogP contribution in [0, 0.1) is 6.92 Å². The molecule has 1 aliphatic rings. The lowest BCUT2D eigenvalue weighted by Crippen LogP contribution is -2.47. The van der Waals surface area contributed by atoms with Crippen molar-refractivity contribution in [2.24, 2.45) is 0 Å². The predicted octanol–water partition coefficient (Wildman–Crippen LogP) is 3.89. The van der Waals surface area contributed by atoms with E-state index in [-0.39, 0.29) is 35.6 Å². The van der Waals surface area contributed by atoms with Gasteiger partial charge >= 0.3 is 5.69 Å². The van der Waals surface area contributed by atoms with E-state index in [2.05, 4.69) is 34.0 Å². The number of nitrogens with zero attached hydrogens (tertiary/aromatic N) is 6. The maximum absolute atomic E-state index is 14.1. The Bertz CT molecular complexity index is 1800. The predicted molar refractivity (Wildman–Crippen MR) is 179 cm³/mol. The topological polar surface area (TPSA) is 92.9 Å². The number of aromatic nitrogens is 3. The van der Waals surface area contributed by atoms with Crippen molar-refractivity contribution < 1.29 is 9.53 Å². The Morgan fingerprint density at radius 1 is 0.956 bits per heavy atom. The van der Waals surface area contributed by atoms with Crippen molar-refractivity contribution in [3.05, 3.63) is 118 Å². The third-order valence-corrected chi connectivity index (χ3v) is 8.11. The maximum Gasteiger partial charge on any atom is 0.337 e. The maximum atomic E-state index is 14.1. The van der Waals surface area contributed by atoms with Crippen LogP contribution < -0.4 is 20.9 Å². The van der Waals surface area contributed by atoms with E-state index >= 15 is 0 Å². The van der Waals surface area contributed by atoms with Gasteiger partial charge in [0.25, 0.3) is 11.5 Å². The number of hydrogen-bond acceptors (Lipinski definition) is 7. The molecule has 234 valence electrons. The third kappa shape index (κ3) is 6.61. The average Bonchev–Trinajstić information content (AvgIpc) is 3.06. The van der Waals surface area contributed by atoms with Crippen molar-refractivity contribution in [3.63, 3.8) is 0 Å². The second kappa shape index (κ2) is 14.2. The molecule has 10 heteroatoms. The molecule has 0 spiro atoms. The van der Waals surface area contributed by atoms with Crippen LogP contribution in [0.3, 0.4) is 0 Å². The largest absolute Gasteiger partial charge is 0.495 e. The molecule has 0 atom stereocenters. The van der Waals surface area contributed by atoms with Gasteiger partial charge in [0, 0.05) is 51.5 Å². The fourth-order valence-electron chi connectivity index (χ4n) is 5.93. The summed E-state index contributed by atoms with van der Waals surface area (Å²) in [7, 11) is 1.69. The van der Waals surface area contributed by atoms with Gasteiger partial charge in [0.1, 0.15) is 5.75 Å². The average molecular weight is 609 g/mol. The molecule has 5 rings (SSSR count). The first kappa shape index (κ1) is 31.5. The minimum Gasteiger partial charge on any atom is -0.495 e. The molecule has 10 nitrogen and oxygen atoms in total. The zero-order valence-electron chi connectivity index (χ0n) is 26.0. The molecule has 4 aromatic rings. The monoisotopic (exact) mass is 608 g/mol. The van der Waals surface area contributed by atoms with Gasteiger partial charge in [0.05, 0.1) is 29.4 Å². The van der Waals surface area contributed by atoms with Crippen molar-refractivity contribution in [2.75, 3.05) is 57.8 Å². The van der Waals surface area contributed by atoms with Crippen molar-refractivity contribution in [3.8, 4) is 11.4 Å². The van der Waals surface area contributed by atoms with Gasteiger partial charge in [-0.2, -0.15) is 0 Å². The first-order valence-electron chi connectivity index (χ1n) is 15.2. The highest BCUT2D eigenvalue weighted by Crippen LogP contribution is 2.28. The molecule has 1 amide bonds. The Kier molecular flexibility index (Phi) is 9.94. The van der Waals surface area contributed by atoms with Crippen LogP contribution in [-0.4, -0.2) is 82.7 Å². The molecule has 0 N–H and O–H groups in total. The molecular weight excluding hydrogens is 568 g/mol. The van der Waals surface area contributed by atoms with Gasteiger partial charge in [-0.15, -0.1) is 13.2 Å². The Morgan fingerprint density at radius 3 is 2.29 bits per heavy atom. The summed E-state index contributed by atoms with van der Waals surface area (Å²) in [6.45, 7) is 14.4. The second-order valence-electron chi connectivity index (χ2n) is 11.1. The number of aryl methyl sites for hydroxylation is 2. The fourth-order valence-corrected chi connectivity index (χ4v) is 5.93. The fraction of sp³-hybridized carbons (Fsp3) is 0.314. The summed E-state index contributed by atoms with van der Waals surface area (Å²) in [5.41, 5.74) is 1.44. The van der Waals surface area contributed by atoms with Crippen molar-refractivity contribution in [2.45, 2.75) is 19.9 Å². The molecule has 0 bridgehead atoms. The van der Waals surface area contributed by atoms with E-state index in [9.17, 15) is 14.4 Å². The molecule has 45 heavy (non-hydrogen) atoms. The Labute approximate surface area is 263 Å². The summed E-state index contributed by atoms with van der Waals surface area (Å²) in [6, 6.07) is 18.5. The highest BCUT2D eigenvalue weighted by molar-refractivity contribution is 6.05. The van der Waals surface area contributed by atoms with Gasteiger partial charge in [-0.3, -0.25) is 19.1 Å². The van der Waals surface area contributed by atoms with Crippen LogP contribution in [0.25, 0.3) is 16.7 Å². The number of ether oxygens (including phenoxy) is 1. The second-order valence-corrected chi connectivity index (χ2v) is 11.1. The molecule has 0 aliphatic carbocycles. The number of fused-ring (bicyclic) bond motifs is 1. The third-order valence-electron chi connectivity index (χ3n) is 8.11. The number of anilines is 1. The van der Waals surface area contributed by atoms with Gasteiger partial charge in [0.15, 0.2) is 5.65 Å². The minimum absolute atomic E-state index is 0.123. The van der Waals surface area contributed by atoms with Gasteiger partial charge in [-0.1, -0.05) is 42.5 Å². The summed E-state index contributed by atoms with van der Waals surface area (Å²) in [6.07, 6.45) is 3.92. The number of rotatable bonds is 12. The quantitative estimate of drug-likeness (QED) is 0.225. The lowest BCUT2D eigenvalue weighted by molar-refractivity contribution is 0.0792. The molecular formula is C35H40N6O4. The molecule has 2 aromatic carbocycles. The molecule has 1 aliphatic heterocycles. The van der Waals surface area contributed by atoms with Crippen LogP contribution in [0.1, 0.15) is 22.5 Å². The van der Waals surface area contributed by atoms with Crippen LogP contribution in [0.5, 0.6) is 5.75 Å². The standard InChI is InChI=1S/C35H40N6O4/c1-5-17-39(18-6-2)33(42)28-25-26(3)36-32-31(28)34(43)41(27-13-8-7-9-14-27)35(44)40(32)20-12-19-37-21-23-38(24-22-37)29-15-10-11-16-30(29)45-4/h5-11,13-16,25H,1-2,12,17-24H2,3-4H3. The number of piperazine rings is 1. The molecule has 0 saturated carbocycles. The van der Waals surface area contributed by atoms with E-state index in [1.165, 1.54) is 0 Å². The number of hydrogen-bond donors (Lipinski definition) is 0. The van der Waals surface area contributed by atoms with Gasteiger partial charge in [-0.05, 0) is 50.2 Å². The summed E-state index contributed by atoms with van der Waals surface area (Å²) in [4.78, 5) is 52.8. The SMILES string of the molecule is C=CCN(CC=C)C(=O)c1cc(C)nc2c1c(=O)n(-c1ccccc1)c(=O)n2CCCN1CCN(c2ccccc2OC)CC1. The van der Waals surface area contributed by atoms with Crippen LogP contribution >= 0.6 is 0 Å². The van der Waals surface area contributed by atoms with Gasteiger partial charge < -0.3 is 14.5 Å². The van der Waals surface area contributed by atoms with Crippen LogP contribution in [-0.2, 0) is 6.54 Å². The first-order chi connectivity index (χ1) is 21.9. The highest BCUT2D eigenvalue weighted by Gasteiger charge is 2.25. The summed E-state index contributed by atoms with van der Waals surface area (Å²) in [5.74, 6) is 0.517. The number of pyridine rings is 1. The smallest absolute Gasteiger partial charge is 0.337 e. The Balaban J connectivity index is 1.47. The van der Waals surface area contributed by atoms with Crippen molar-refractivity contribution in [1.29, 1.82) is 0 Å². The summed E-state index contributed by atoms with van der Waals surface area (Å²) >= 11 is 0. The molecule has 0 unspecified atom stereocenters. The van der Waals surface area contributed by atoms with E-state index in [1.807, 2.05) is 24.3 Å². The number of carbonyl (C=O) groups excluding carboxylic acids is 1. The van der Waals surface area contributed by atoms with E-state index in [4.69, 9.17) is 4.74 Å².